The number of carbonyl (C=O) groups excluding carboxylic acids is 1. The van der Waals surface area contributed by atoms with Gasteiger partial charge in [0.05, 0.1) is 5.60 Å². The maximum atomic E-state index is 11.1. The summed E-state index contributed by atoms with van der Waals surface area (Å²) in [6.45, 7) is 8.77. The van der Waals surface area contributed by atoms with E-state index in [1.807, 2.05) is 6.92 Å². The van der Waals surface area contributed by atoms with Crippen LogP contribution in [0.1, 0.15) is 33.6 Å². The van der Waals surface area contributed by atoms with Crippen molar-refractivity contribution in [3.63, 3.8) is 0 Å². The average Bonchev–Trinajstić information content (AvgIpc) is 2.01. The summed E-state index contributed by atoms with van der Waals surface area (Å²) in [6, 6.07) is 0. The fraction of sp³-hybridized carbons (Fsp3) is 0.667. The fourth-order valence-corrected chi connectivity index (χ4v) is 0.727. The molecule has 0 aromatic rings. The number of ketones is 1. The van der Waals surface area contributed by atoms with E-state index in [4.69, 9.17) is 0 Å². The molecule has 0 bridgehead atoms. The number of hydrogen-bond acceptors (Lipinski definition) is 2. The van der Waals surface area contributed by atoms with Gasteiger partial charge in [-0.3, -0.25) is 4.79 Å². The van der Waals surface area contributed by atoms with Crippen molar-refractivity contribution in [1.82, 2.24) is 0 Å². The lowest BCUT2D eigenvalue weighted by atomic mass is 9.90. The highest BCUT2D eigenvalue weighted by molar-refractivity contribution is 5.96. The molecule has 0 rings (SSSR count). The van der Waals surface area contributed by atoms with Gasteiger partial charge in [0, 0.05) is 12.0 Å². The second-order valence-electron chi connectivity index (χ2n) is 2.88. The van der Waals surface area contributed by atoms with Crippen LogP contribution in [0.15, 0.2) is 12.2 Å². The van der Waals surface area contributed by atoms with E-state index in [-0.39, 0.29) is 5.78 Å². The van der Waals surface area contributed by atoms with Gasteiger partial charge in [0.2, 0.25) is 0 Å². The highest BCUT2D eigenvalue weighted by atomic mass is 16.3. The van der Waals surface area contributed by atoms with Crippen molar-refractivity contribution in [1.29, 1.82) is 0 Å². The first-order chi connectivity index (χ1) is 4.95. The van der Waals surface area contributed by atoms with E-state index in [1.54, 1.807) is 13.8 Å². The van der Waals surface area contributed by atoms with Gasteiger partial charge in [-0.15, -0.1) is 0 Å². The minimum Gasteiger partial charge on any atom is -0.385 e. The normalized spacial score (nSPS) is 15.6. The van der Waals surface area contributed by atoms with Crippen LogP contribution in [-0.2, 0) is 4.79 Å². The topological polar surface area (TPSA) is 37.3 Å². The van der Waals surface area contributed by atoms with Crippen molar-refractivity contribution < 1.29 is 9.90 Å². The summed E-state index contributed by atoms with van der Waals surface area (Å²) in [5.74, 6) is -0.0585. The summed E-state index contributed by atoms with van der Waals surface area (Å²) in [5, 5.41) is 9.57. The van der Waals surface area contributed by atoms with Gasteiger partial charge < -0.3 is 5.11 Å². The van der Waals surface area contributed by atoms with Crippen LogP contribution in [0.5, 0.6) is 0 Å². The summed E-state index contributed by atoms with van der Waals surface area (Å²) < 4.78 is 0. The van der Waals surface area contributed by atoms with Crippen LogP contribution in [0.3, 0.4) is 0 Å². The Morgan fingerprint density at radius 3 is 2.27 bits per heavy atom. The third-order valence-electron chi connectivity index (χ3n) is 2.00. The molecule has 1 unspecified atom stereocenters. The minimum atomic E-state index is -1.02. The van der Waals surface area contributed by atoms with Crippen LogP contribution in [0.4, 0.5) is 0 Å². The highest BCUT2D eigenvalue weighted by Gasteiger charge is 2.25. The number of carbonyl (C=O) groups is 1. The Morgan fingerprint density at radius 1 is 1.55 bits per heavy atom. The molecule has 0 heterocycles. The third kappa shape index (κ3) is 2.46. The van der Waals surface area contributed by atoms with Gasteiger partial charge in [-0.05, 0) is 13.3 Å². The highest BCUT2D eigenvalue weighted by Crippen LogP contribution is 2.19. The van der Waals surface area contributed by atoms with Crippen molar-refractivity contribution in [2.45, 2.75) is 39.2 Å². The Hall–Kier alpha value is -0.630. The van der Waals surface area contributed by atoms with Gasteiger partial charge in [-0.25, -0.2) is 0 Å². The van der Waals surface area contributed by atoms with Crippen molar-refractivity contribution in [3.8, 4) is 0 Å². The second kappa shape index (κ2) is 3.67. The summed E-state index contributed by atoms with van der Waals surface area (Å²) in [4.78, 5) is 11.1. The Morgan fingerprint density at radius 2 is 2.00 bits per heavy atom. The molecule has 2 nitrogen and oxygen atoms in total. The molecule has 1 atom stereocenters. The van der Waals surface area contributed by atoms with E-state index in [0.717, 1.165) is 0 Å². The zero-order chi connectivity index (χ0) is 9.07. The maximum Gasteiger partial charge on any atom is 0.160 e. The minimum absolute atomic E-state index is 0.0585. The van der Waals surface area contributed by atoms with E-state index < -0.39 is 5.60 Å². The summed E-state index contributed by atoms with van der Waals surface area (Å²) in [6.07, 6.45) is 0.937. The van der Waals surface area contributed by atoms with E-state index >= 15 is 0 Å². The molecular formula is C9H16O2. The molecule has 0 radical (unpaired) electrons. The number of hydrogen-bond donors (Lipinski definition) is 1. The molecule has 0 aliphatic carbocycles. The lowest BCUT2D eigenvalue weighted by Gasteiger charge is -2.22. The number of Topliss-reactive ketones (excluding diaryl/α,β-unsaturated/α-hetero) is 1. The standard InChI is InChI=1S/C9H16O2/c1-5-8(10)7(3)9(4,11)6-2/h11H,3,5-6H2,1-2,4H3. The van der Waals surface area contributed by atoms with Gasteiger partial charge >= 0.3 is 0 Å². The Balaban J connectivity index is 4.36. The monoisotopic (exact) mass is 156 g/mol. The number of aliphatic hydroxyl groups is 1. The smallest absolute Gasteiger partial charge is 0.160 e. The van der Waals surface area contributed by atoms with Gasteiger partial charge in [0.25, 0.3) is 0 Å². The van der Waals surface area contributed by atoms with Crippen molar-refractivity contribution >= 4 is 5.78 Å². The molecule has 0 aliphatic heterocycles. The zero-order valence-corrected chi connectivity index (χ0v) is 7.48. The van der Waals surface area contributed by atoms with Crippen LogP contribution < -0.4 is 0 Å². The van der Waals surface area contributed by atoms with Crippen molar-refractivity contribution in [3.05, 3.63) is 12.2 Å². The molecule has 2 heteroatoms. The quantitative estimate of drug-likeness (QED) is 0.629. The van der Waals surface area contributed by atoms with Crippen LogP contribution in [0.25, 0.3) is 0 Å². The van der Waals surface area contributed by atoms with Crippen molar-refractivity contribution in [2.24, 2.45) is 0 Å². The lowest BCUT2D eigenvalue weighted by molar-refractivity contribution is -0.117. The lowest BCUT2D eigenvalue weighted by Crippen LogP contribution is -2.29. The SMILES string of the molecule is C=C(C(=O)CC)C(C)(O)CC. The predicted octanol–water partition coefficient (Wildman–Crippen LogP) is 1.68. The molecule has 0 amide bonds. The van der Waals surface area contributed by atoms with Gasteiger partial charge in [-0.1, -0.05) is 20.4 Å². The molecule has 0 spiro atoms. The summed E-state index contributed by atoms with van der Waals surface area (Å²) >= 11 is 0. The first-order valence-electron chi connectivity index (χ1n) is 3.90. The Bertz CT molecular complexity index is 168. The predicted molar refractivity (Wildman–Crippen MR) is 45.4 cm³/mol. The molecule has 0 fully saturated rings. The van der Waals surface area contributed by atoms with Crippen molar-refractivity contribution in [2.75, 3.05) is 0 Å². The molecule has 64 valence electrons. The Kier molecular flexibility index (Phi) is 3.46. The molecule has 0 saturated carbocycles. The summed E-state index contributed by atoms with van der Waals surface area (Å²) in [5.41, 5.74) is -0.699. The van der Waals surface area contributed by atoms with E-state index in [1.165, 1.54) is 0 Å². The zero-order valence-electron chi connectivity index (χ0n) is 7.48. The number of rotatable bonds is 4. The maximum absolute atomic E-state index is 11.1. The molecule has 11 heavy (non-hydrogen) atoms. The van der Waals surface area contributed by atoms with E-state index in [2.05, 4.69) is 6.58 Å². The van der Waals surface area contributed by atoms with E-state index in [9.17, 15) is 9.90 Å². The molecule has 0 aliphatic rings. The second-order valence-corrected chi connectivity index (χ2v) is 2.88. The molecule has 0 aromatic heterocycles. The molecule has 0 aromatic carbocycles. The van der Waals surface area contributed by atoms with Crippen LogP contribution in [-0.4, -0.2) is 16.5 Å². The van der Waals surface area contributed by atoms with Crippen LogP contribution in [0, 0.1) is 0 Å². The Labute approximate surface area is 67.9 Å². The average molecular weight is 156 g/mol. The van der Waals surface area contributed by atoms with Crippen LogP contribution in [0.2, 0.25) is 0 Å². The fourth-order valence-electron chi connectivity index (χ4n) is 0.727. The van der Waals surface area contributed by atoms with Gasteiger partial charge in [0.15, 0.2) is 5.78 Å². The molecular weight excluding hydrogens is 140 g/mol. The van der Waals surface area contributed by atoms with Gasteiger partial charge in [-0.2, -0.15) is 0 Å². The largest absolute Gasteiger partial charge is 0.385 e. The van der Waals surface area contributed by atoms with Gasteiger partial charge in [0.1, 0.15) is 0 Å². The molecule has 0 saturated heterocycles. The van der Waals surface area contributed by atoms with Crippen LogP contribution >= 0.6 is 0 Å². The molecule has 1 N–H and O–H groups in total. The first kappa shape index (κ1) is 10.4. The van der Waals surface area contributed by atoms with E-state index in [0.29, 0.717) is 18.4 Å². The summed E-state index contributed by atoms with van der Waals surface area (Å²) in [7, 11) is 0. The third-order valence-corrected chi connectivity index (χ3v) is 2.00. The first-order valence-corrected chi connectivity index (χ1v) is 3.90.